The van der Waals surface area contributed by atoms with E-state index in [2.05, 4.69) is 6.92 Å². The zero-order chi connectivity index (χ0) is 11.0. The van der Waals surface area contributed by atoms with Crippen LogP contribution >= 0.6 is 0 Å². The summed E-state index contributed by atoms with van der Waals surface area (Å²) in [4.78, 5) is 10.9. The van der Waals surface area contributed by atoms with Gasteiger partial charge in [-0.2, -0.15) is 0 Å². The van der Waals surface area contributed by atoms with E-state index in [0.717, 1.165) is 25.7 Å². The Kier molecular flexibility index (Phi) is 7.48. The number of hydrogen-bond donors (Lipinski definition) is 2. The Balaban J connectivity index is 3.80. The molecule has 14 heavy (non-hydrogen) atoms. The molecule has 0 aliphatic rings. The highest BCUT2D eigenvalue weighted by Gasteiger charge is 2.22. The maximum Gasteiger partial charge on any atom is 0.308 e. The van der Waals surface area contributed by atoms with Gasteiger partial charge in [0.15, 0.2) is 0 Å². The van der Waals surface area contributed by atoms with E-state index in [4.69, 9.17) is 10.8 Å². The normalized spacial score (nSPS) is 15.1. The summed E-state index contributed by atoms with van der Waals surface area (Å²) in [6.07, 6.45) is 5.94. The summed E-state index contributed by atoms with van der Waals surface area (Å²) in [7, 11) is 0. The Labute approximate surface area is 86.7 Å². The van der Waals surface area contributed by atoms with Gasteiger partial charge >= 0.3 is 5.97 Å². The topological polar surface area (TPSA) is 63.3 Å². The van der Waals surface area contributed by atoms with Crippen LogP contribution in [0.3, 0.4) is 0 Å². The maximum atomic E-state index is 10.9. The fraction of sp³-hybridized carbons (Fsp3) is 0.909. The maximum absolute atomic E-state index is 10.9. The van der Waals surface area contributed by atoms with Crippen LogP contribution in [0.1, 0.15) is 52.4 Å². The molecule has 0 radical (unpaired) electrons. The van der Waals surface area contributed by atoms with Crippen molar-refractivity contribution in [3.8, 4) is 0 Å². The molecule has 3 nitrogen and oxygen atoms in total. The summed E-state index contributed by atoms with van der Waals surface area (Å²) >= 11 is 0. The lowest BCUT2D eigenvalue weighted by atomic mass is 9.92. The molecule has 0 amide bonds. The van der Waals surface area contributed by atoms with Crippen molar-refractivity contribution in [3.05, 3.63) is 0 Å². The first-order valence-electron chi connectivity index (χ1n) is 5.61. The van der Waals surface area contributed by atoms with Gasteiger partial charge in [0, 0.05) is 6.04 Å². The molecule has 0 rings (SSSR count). The number of unbranched alkanes of at least 4 members (excludes halogenated alkanes) is 3. The minimum absolute atomic E-state index is 0.186. The first kappa shape index (κ1) is 13.4. The van der Waals surface area contributed by atoms with Crippen molar-refractivity contribution in [1.82, 2.24) is 0 Å². The second-order valence-corrected chi connectivity index (χ2v) is 3.87. The number of carboxylic acids is 1. The molecule has 0 saturated carbocycles. The third kappa shape index (κ3) is 5.22. The molecule has 84 valence electrons. The predicted octanol–water partition coefficient (Wildman–Crippen LogP) is 2.39. The van der Waals surface area contributed by atoms with Crippen LogP contribution < -0.4 is 5.73 Å². The molecule has 0 aliphatic heterocycles. The minimum atomic E-state index is -0.740. The molecule has 3 N–H and O–H groups in total. The standard InChI is InChI=1S/C11H23NO2/c1-3-5-6-7-8-9(11(13)14)10(12)4-2/h9-10H,3-8,12H2,1-2H3,(H,13,14). The van der Waals surface area contributed by atoms with Crippen LogP contribution in [0.15, 0.2) is 0 Å². The van der Waals surface area contributed by atoms with Gasteiger partial charge in [-0.3, -0.25) is 4.79 Å². The van der Waals surface area contributed by atoms with Crippen LogP contribution in [0.4, 0.5) is 0 Å². The third-order valence-corrected chi connectivity index (χ3v) is 2.67. The van der Waals surface area contributed by atoms with E-state index in [1.807, 2.05) is 6.92 Å². The van der Waals surface area contributed by atoms with E-state index < -0.39 is 5.97 Å². The number of carbonyl (C=O) groups is 1. The highest BCUT2D eigenvalue weighted by molar-refractivity contribution is 5.70. The summed E-state index contributed by atoms with van der Waals surface area (Å²) in [6, 6.07) is -0.186. The van der Waals surface area contributed by atoms with Crippen LogP contribution in [0.2, 0.25) is 0 Å². The molecule has 0 aromatic carbocycles. The summed E-state index contributed by atoms with van der Waals surface area (Å²) in [5, 5.41) is 8.95. The average Bonchev–Trinajstić information content (AvgIpc) is 2.16. The largest absolute Gasteiger partial charge is 0.481 e. The van der Waals surface area contributed by atoms with Gasteiger partial charge in [0.05, 0.1) is 5.92 Å². The molecule has 2 atom stereocenters. The highest BCUT2D eigenvalue weighted by atomic mass is 16.4. The number of nitrogens with two attached hydrogens (primary N) is 1. The monoisotopic (exact) mass is 201 g/mol. The fourth-order valence-electron chi connectivity index (χ4n) is 1.60. The average molecular weight is 201 g/mol. The molecule has 0 spiro atoms. The van der Waals surface area contributed by atoms with Crippen molar-refractivity contribution in [2.75, 3.05) is 0 Å². The minimum Gasteiger partial charge on any atom is -0.481 e. The third-order valence-electron chi connectivity index (χ3n) is 2.67. The molecule has 0 fully saturated rings. The predicted molar refractivity (Wildman–Crippen MR) is 58.2 cm³/mol. The van der Waals surface area contributed by atoms with E-state index in [0.29, 0.717) is 0 Å². The van der Waals surface area contributed by atoms with Crippen molar-refractivity contribution in [2.24, 2.45) is 11.7 Å². The van der Waals surface area contributed by atoms with E-state index >= 15 is 0 Å². The quantitative estimate of drug-likeness (QED) is 0.593. The lowest BCUT2D eigenvalue weighted by molar-refractivity contribution is -0.142. The highest BCUT2D eigenvalue weighted by Crippen LogP contribution is 2.15. The molecule has 0 bridgehead atoms. The molecular formula is C11H23NO2. The number of aliphatic carboxylic acids is 1. The Hall–Kier alpha value is -0.570. The van der Waals surface area contributed by atoms with Gasteiger partial charge in [-0.1, -0.05) is 39.5 Å². The van der Waals surface area contributed by atoms with Gasteiger partial charge in [-0.15, -0.1) is 0 Å². The molecule has 0 heterocycles. The van der Waals surface area contributed by atoms with Crippen LogP contribution in [-0.2, 0) is 4.79 Å². The van der Waals surface area contributed by atoms with Gasteiger partial charge in [0.2, 0.25) is 0 Å². The second-order valence-electron chi connectivity index (χ2n) is 3.87. The molecule has 0 aromatic rings. The Morgan fingerprint density at radius 1 is 1.29 bits per heavy atom. The van der Waals surface area contributed by atoms with Gasteiger partial charge in [-0.05, 0) is 12.8 Å². The lowest BCUT2D eigenvalue weighted by Crippen LogP contribution is -2.34. The van der Waals surface area contributed by atoms with Gasteiger partial charge < -0.3 is 10.8 Å². The van der Waals surface area contributed by atoms with Crippen molar-refractivity contribution in [3.63, 3.8) is 0 Å². The van der Waals surface area contributed by atoms with E-state index in [1.54, 1.807) is 0 Å². The second kappa shape index (κ2) is 7.80. The zero-order valence-electron chi connectivity index (χ0n) is 9.33. The Bertz CT molecular complexity index is 159. The smallest absolute Gasteiger partial charge is 0.308 e. The summed E-state index contributed by atoms with van der Waals surface area (Å²) in [5.74, 6) is -1.09. The molecule has 0 aliphatic carbocycles. The van der Waals surface area contributed by atoms with Crippen molar-refractivity contribution in [2.45, 2.75) is 58.4 Å². The first-order valence-corrected chi connectivity index (χ1v) is 5.61. The number of carboxylic acid groups (broad SMARTS) is 1. The van der Waals surface area contributed by atoms with Crippen molar-refractivity contribution < 1.29 is 9.90 Å². The van der Waals surface area contributed by atoms with Gasteiger partial charge in [0.1, 0.15) is 0 Å². The molecular weight excluding hydrogens is 178 g/mol. The Morgan fingerprint density at radius 3 is 2.36 bits per heavy atom. The molecule has 2 unspecified atom stereocenters. The lowest BCUT2D eigenvalue weighted by Gasteiger charge is -2.18. The SMILES string of the molecule is CCCCCCC(C(=O)O)C(N)CC. The van der Waals surface area contributed by atoms with E-state index in [9.17, 15) is 4.79 Å². The molecule has 0 aromatic heterocycles. The first-order chi connectivity index (χ1) is 6.63. The van der Waals surface area contributed by atoms with Crippen LogP contribution in [-0.4, -0.2) is 17.1 Å². The van der Waals surface area contributed by atoms with Crippen molar-refractivity contribution >= 4 is 5.97 Å². The number of hydrogen-bond acceptors (Lipinski definition) is 2. The fourth-order valence-corrected chi connectivity index (χ4v) is 1.60. The van der Waals surface area contributed by atoms with E-state index in [1.165, 1.54) is 12.8 Å². The van der Waals surface area contributed by atoms with Crippen LogP contribution in [0.5, 0.6) is 0 Å². The summed E-state index contributed by atoms with van der Waals surface area (Å²) < 4.78 is 0. The molecule has 0 saturated heterocycles. The van der Waals surface area contributed by atoms with E-state index in [-0.39, 0.29) is 12.0 Å². The number of rotatable bonds is 8. The van der Waals surface area contributed by atoms with Gasteiger partial charge in [0.25, 0.3) is 0 Å². The summed E-state index contributed by atoms with van der Waals surface area (Å²) in [6.45, 7) is 4.08. The van der Waals surface area contributed by atoms with Gasteiger partial charge in [-0.25, -0.2) is 0 Å². The van der Waals surface area contributed by atoms with Crippen LogP contribution in [0, 0.1) is 5.92 Å². The Morgan fingerprint density at radius 2 is 1.93 bits per heavy atom. The summed E-state index contributed by atoms with van der Waals surface area (Å²) in [5.41, 5.74) is 5.75. The molecule has 3 heteroatoms. The zero-order valence-corrected chi connectivity index (χ0v) is 9.33. The van der Waals surface area contributed by atoms with Crippen molar-refractivity contribution in [1.29, 1.82) is 0 Å². The van der Waals surface area contributed by atoms with Crippen LogP contribution in [0.25, 0.3) is 0 Å².